The molecule has 1 atom stereocenters. The summed E-state index contributed by atoms with van der Waals surface area (Å²) in [6.45, 7) is 3.04. The van der Waals surface area contributed by atoms with E-state index < -0.39 is 6.29 Å². The second-order valence-electron chi connectivity index (χ2n) is 2.39. The van der Waals surface area contributed by atoms with Crippen molar-refractivity contribution >= 4 is 5.97 Å². The van der Waals surface area contributed by atoms with Gasteiger partial charge >= 0.3 is 5.97 Å². The summed E-state index contributed by atoms with van der Waals surface area (Å²) in [5.41, 5.74) is 5.27. The van der Waals surface area contributed by atoms with Crippen LogP contribution in [0.2, 0.25) is 0 Å². The zero-order valence-corrected chi connectivity index (χ0v) is 7.65. The summed E-state index contributed by atoms with van der Waals surface area (Å²) < 4.78 is 4.34. The van der Waals surface area contributed by atoms with Gasteiger partial charge in [-0.3, -0.25) is 4.79 Å². The molecular weight excluding hydrogens is 162 g/mol. The molecule has 0 heterocycles. The average molecular weight is 179 g/mol. The number of aliphatic hydroxyl groups excluding tert-OH is 1. The second kappa shape index (κ2) is 8.45. The number of nitrogens with two attached hydrogens (primary N) is 1. The standard InChI is InChI=1S/C5H11NO2.C2H6O2/c1-4(6)3-5(7)8-2;1-2(3)4/h4H,3,6H2,1-2H3;2-4H,1H3. The number of rotatable bonds is 2. The maximum Gasteiger partial charge on any atom is 0.307 e. The molecule has 74 valence electrons. The largest absolute Gasteiger partial charge is 0.469 e. The van der Waals surface area contributed by atoms with Gasteiger partial charge in [0.25, 0.3) is 0 Å². The van der Waals surface area contributed by atoms with Crippen molar-refractivity contribution < 1.29 is 19.7 Å². The lowest BCUT2D eigenvalue weighted by Crippen LogP contribution is -2.20. The molecule has 12 heavy (non-hydrogen) atoms. The quantitative estimate of drug-likeness (QED) is 0.382. The first-order chi connectivity index (χ1) is 5.40. The van der Waals surface area contributed by atoms with Crippen LogP contribution in [0.25, 0.3) is 0 Å². The highest BCUT2D eigenvalue weighted by Crippen LogP contribution is 1.86. The number of aliphatic hydroxyl groups is 2. The number of carbonyl (C=O) groups excluding carboxylic acids is 1. The maximum atomic E-state index is 10.3. The van der Waals surface area contributed by atoms with Crippen molar-refractivity contribution in [3.63, 3.8) is 0 Å². The fourth-order valence-corrected chi connectivity index (χ4v) is 0.346. The van der Waals surface area contributed by atoms with Crippen LogP contribution in [0.1, 0.15) is 20.3 Å². The molecule has 0 aromatic heterocycles. The molecular formula is C7H17NO4. The lowest BCUT2D eigenvalue weighted by molar-refractivity contribution is -0.140. The predicted molar refractivity (Wildman–Crippen MR) is 44.2 cm³/mol. The summed E-state index contributed by atoms with van der Waals surface area (Å²) in [5.74, 6) is -0.250. The van der Waals surface area contributed by atoms with Gasteiger partial charge in [-0.2, -0.15) is 0 Å². The van der Waals surface area contributed by atoms with Crippen LogP contribution in [0.4, 0.5) is 0 Å². The summed E-state index contributed by atoms with van der Waals surface area (Å²) >= 11 is 0. The van der Waals surface area contributed by atoms with Crippen LogP contribution in [0.3, 0.4) is 0 Å². The van der Waals surface area contributed by atoms with Crippen molar-refractivity contribution in [3.05, 3.63) is 0 Å². The molecule has 0 bridgehead atoms. The van der Waals surface area contributed by atoms with Crippen LogP contribution in [0.5, 0.6) is 0 Å². The highest BCUT2D eigenvalue weighted by Gasteiger charge is 2.01. The van der Waals surface area contributed by atoms with E-state index in [1.165, 1.54) is 14.0 Å². The lowest BCUT2D eigenvalue weighted by Gasteiger charge is -2.00. The van der Waals surface area contributed by atoms with Crippen molar-refractivity contribution in [2.24, 2.45) is 5.73 Å². The van der Waals surface area contributed by atoms with Crippen molar-refractivity contribution in [3.8, 4) is 0 Å². The van der Waals surface area contributed by atoms with Gasteiger partial charge in [-0.1, -0.05) is 0 Å². The molecule has 4 N–H and O–H groups in total. The fourth-order valence-electron chi connectivity index (χ4n) is 0.346. The fraction of sp³-hybridized carbons (Fsp3) is 0.857. The molecule has 0 aromatic carbocycles. The van der Waals surface area contributed by atoms with Crippen LogP contribution < -0.4 is 5.73 Å². The van der Waals surface area contributed by atoms with E-state index in [-0.39, 0.29) is 12.0 Å². The van der Waals surface area contributed by atoms with E-state index in [1.54, 1.807) is 6.92 Å². The van der Waals surface area contributed by atoms with Gasteiger partial charge in [0.1, 0.15) is 6.29 Å². The van der Waals surface area contributed by atoms with E-state index in [0.29, 0.717) is 6.42 Å². The Morgan fingerprint density at radius 1 is 1.50 bits per heavy atom. The lowest BCUT2D eigenvalue weighted by atomic mass is 10.3. The van der Waals surface area contributed by atoms with E-state index in [1.807, 2.05) is 0 Å². The van der Waals surface area contributed by atoms with Gasteiger partial charge in [0, 0.05) is 6.04 Å². The maximum absolute atomic E-state index is 10.3. The smallest absolute Gasteiger partial charge is 0.307 e. The molecule has 0 aliphatic carbocycles. The Labute approximate surface area is 72.1 Å². The number of hydrogen-bond acceptors (Lipinski definition) is 5. The van der Waals surface area contributed by atoms with Crippen LogP contribution in [-0.2, 0) is 9.53 Å². The van der Waals surface area contributed by atoms with Crippen LogP contribution in [0, 0.1) is 0 Å². The highest BCUT2D eigenvalue weighted by molar-refractivity contribution is 5.69. The molecule has 0 aliphatic rings. The van der Waals surface area contributed by atoms with Gasteiger partial charge in [-0.15, -0.1) is 0 Å². The molecule has 0 spiro atoms. The SMILES string of the molecule is CC(O)O.COC(=O)CC(C)N. The Kier molecular flexibility index (Phi) is 9.79. The monoisotopic (exact) mass is 179 g/mol. The van der Waals surface area contributed by atoms with Gasteiger partial charge in [0.2, 0.25) is 0 Å². The molecule has 0 saturated carbocycles. The Balaban J connectivity index is 0. The first kappa shape index (κ1) is 13.9. The van der Waals surface area contributed by atoms with Gasteiger partial charge in [0.15, 0.2) is 0 Å². The molecule has 0 saturated heterocycles. The average Bonchev–Trinajstić information content (AvgIpc) is 1.84. The van der Waals surface area contributed by atoms with Crippen molar-refractivity contribution in [2.45, 2.75) is 32.6 Å². The Hall–Kier alpha value is -0.650. The van der Waals surface area contributed by atoms with E-state index in [4.69, 9.17) is 15.9 Å². The van der Waals surface area contributed by atoms with Gasteiger partial charge in [0.05, 0.1) is 13.5 Å². The number of methoxy groups -OCH3 is 1. The summed E-state index contributed by atoms with van der Waals surface area (Å²) in [6.07, 6.45) is -0.865. The first-order valence-electron chi connectivity index (χ1n) is 3.58. The number of hydrogen-bond donors (Lipinski definition) is 3. The van der Waals surface area contributed by atoms with Crippen molar-refractivity contribution in [2.75, 3.05) is 7.11 Å². The Morgan fingerprint density at radius 2 is 1.83 bits per heavy atom. The molecule has 0 aliphatic heterocycles. The minimum absolute atomic E-state index is 0.0950. The van der Waals surface area contributed by atoms with Crippen molar-refractivity contribution in [1.82, 2.24) is 0 Å². The minimum Gasteiger partial charge on any atom is -0.469 e. The van der Waals surface area contributed by atoms with E-state index in [0.717, 1.165) is 0 Å². The minimum atomic E-state index is -1.17. The Morgan fingerprint density at radius 3 is 1.92 bits per heavy atom. The summed E-state index contributed by atoms with van der Waals surface area (Å²) in [4.78, 5) is 10.3. The normalized spacial score (nSPS) is 11.6. The molecule has 0 rings (SSSR count). The second-order valence-corrected chi connectivity index (χ2v) is 2.39. The van der Waals surface area contributed by atoms with E-state index in [9.17, 15) is 4.79 Å². The molecule has 0 fully saturated rings. The van der Waals surface area contributed by atoms with Gasteiger partial charge in [-0.05, 0) is 13.8 Å². The zero-order chi connectivity index (χ0) is 10.1. The van der Waals surface area contributed by atoms with Crippen LogP contribution in [0.15, 0.2) is 0 Å². The first-order valence-corrected chi connectivity index (χ1v) is 3.58. The van der Waals surface area contributed by atoms with E-state index >= 15 is 0 Å². The number of ether oxygens (including phenoxy) is 1. The third kappa shape index (κ3) is 22.8. The van der Waals surface area contributed by atoms with E-state index in [2.05, 4.69) is 4.74 Å². The Bertz CT molecular complexity index is 111. The molecule has 0 radical (unpaired) electrons. The zero-order valence-electron chi connectivity index (χ0n) is 7.65. The molecule has 5 nitrogen and oxygen atoms in total. The number of esters is 1. The summed E-state index contributed by atoms with van der Waals surface area (Å²) in [6, 6.07) is -0.0950. The number of carbonyl (C=O) groups is 1. The van der Waals surface area contributed by atoms with Crippen molar-refractivity contribution in [1.29, 1.82) is 0 Å². The van der Waals surface area contributed by atoms with Gasteiger partial charge < -0.3 is 20.7 Å². The topological polar surface area (TPSA) is 92.8 Å². The van der Waals surface area contributed by atoms with Crippen LogP contribution >= 0.6 is 0 Å². The highest BCUT2D eigenvalue weighted by atomic mass is 16.5. The molecule has 0 amide bonds. The molecule has 5 heteroatoms. The predicted octanol–water partition coefficient (Wildman–Crippen LogP) is -0.786. The third-order valence-corrected chi connectivity index (χ3v) is 0.716. The van der Waals surface area contributed by atoms with Gasteiger partial charge in [-0.25, -0.2) is 0 Å². The molecule has 1 unspecified atom stereocenters. The molecule has 0 aromatic rings. The summed E-state index contributed by atoms with van der Waals surface area (Å²) in [5, 5.41) is 15.2. The third-order valence-electron chi connectivity index (χ3n) is 0.716. The summed E-state index contributed by atoms with van der Waals surface area (Å²) in [7, 11) is 1.35. The van der Waals surface area contributed by atoms with Crippen LogP contribution in [-0.4, -0.2) is 35.6 Å².